The predicted octanol–water partition coefficient (Wildman–Crippen LogP) is 4.02. The molecule has 116 valence electrons. The zero-order valence-electron chi connectivity index (χ0n) is 13.1. The van der Waals surface area contributed by atoms with Crippen molar-refractivity contribution < 1.29 is 5.11 Å². The van der Waals surface area contributed by atoms with Gasteiger partial charge in [-0.15, -0.1) is 0 Å². The number of fused-ring (bicyclic) bond motifs is 4. The molecule has 3 aliphatic rings. The molecule has 2 aliphatic carbocycles. The van der Waals surface area contributed by atoms with Crippen LogP contribution in [0.4, 0.5) is 0 Å². The summed E-state index contributed by atoms with van der Waals surface area (Å²) >= 11 is 0. The normalized spacial score (nSPS) is 44.0. The summed E-state index contributed by atoms with van der Waals surface area (Å²) in [5.41, 5.74) is -0.347. The largest absolute Gasteiger partial charge is 0.390 e. The summed E-state index contributed by atoms with van der Waals surface area (Å²) in [5.74, 6) is 1.33. The molecule has 2 nitrogen and oxygen atoms in total. The molecule has 4 unspecified atom stereocenters. The Balaban J connectivity index is 1.74. The molecule has 2 N–H and O–H groups in total. The number of nitrogens with one attached hydrogen (secondary N) is 1. The summed E-state index contributed by atoms with van der Waals surface area (Å²) in [5, 5.41) is 15.1. The highest BCUT2D eigenvalue weighted by Gasteiger charge is 2.44. The van der Waals surface area contributed by atoms with Crippen LogP contribution in [0.1, 0.15) is 83.5 Å². The van der Waals surface area contributed by atoms with E-state index in [1.54, 1.807) is 0 Å². The summed E-state index contributed by atoms with van der Waals surface area (Å²) in [6.45, 7) is 1.17. The van der Waals surface area contributed by atoms with E-state index in [-0.39, 0.29) is 5.60 Å². The fourth-order valence-corrected chi connectivity index (χ4v) is 5.20. The van der Waals surface area contributed by atoms with Crippen LogP contribution in [0.3, 0.4) is 0 Å². The molecule has 0 aromatic heterocycles. The summed E-state index contributed by atoms with van der Waals surface area (Å²) in [6.07, 6.45) is 16.9. The summed E-state index contributed by atoms with van der Waals surface area (Å²) in [4.78, 5) is 0. The van der Waals surface area contributed by atoms with Crippen molar-refractivity contribution in [2.45, 2.75) is 95.1 Å². The van der Waals surface area contributed by atoms with E-state index in [1.165, 1.54) is 77.2 Å². The summed E-state index contributed by atoms with van der Waals surface area (Å²) < 4.78 is 0. The van der Waals surface area contributed by atoms with Crippen LogP contribution >= 0.6 is 0 Å². The van der Waals surface area contributed by atoms with E-state index in [0.717, 1.165) is 18.8 Å². The van der Waals surface area contributed by atoms with E-state index in [9.17, 15) is 5.11 Å². The molecule has 1 heterocycles. The van der Waals surface area contributed by atoms with Crippen molar-refractivity contribution in [2.75, 3.05) is 6.54 Å². The zero-order valence-corrected chi connectivity index (χ0v) is 13.1. The van der Waals surface area contributed by atoms with Crippen LogP contribution in [0.5, 0.6) is 0 Å². The minimum atomic E-state index is -0.347. The van der Waals surface area contributed by atoms with Gasteiger partial charge in [0.15, 0.2) is 0 Å². The maximum absolute atomic E-state index is 11.3. The van der Waals surface area contributed by atoms with E-state index in [0.29, 0.717) is 12.0 Å². The predicted molar refractivity (Wildman–Crippen MR) is 83.7 cm³/mol. The van der Waals surface area contributed by atoms with E-state index >= 15 is 0 Å². The molecule has 1 saturated heterocycles. The van der Waals surface area contributed by atoms with Gasteiger partial charge >= 0.3 is 0 Å². The molecule has 0 amide bonds. The SMILES string of the molecule is OC12CCCC(CCCCCCNC3CCCCC31)C2. The number of hydrogen-bond donors (Lipinski definition) is 2. The van der Waals surface area contributed by atoms with Gasteiger partial charge in [0.25, 0.3) is 0 Å². The van der Waals surface area contributed by atoms with Crippen LogP contribution in [-0.2, 0) is 0 Å². The van der Waals surface area contributed by atoms with Gasteiger partial charge in [-0.3, -0.25) is 0 Å². The maximum atomic E-state index is 11.3. The first-order valence-electron chi connectivity index (χ1n) is 9.24. The van der Waals surface area contributed by atoms with Gasteiger partial charge in [0.05, 0.1) is 5.60 Å². The Kier molecular flexibility index (Phi) is 5.04. The highest BCUT2D eigenvalue weighted by molar-refractivity contribution is 4.98. The highest BCUT2D eigenvalue weighted by atomic mass is 16.3. The third-order valence-electron chi connectivity index (χ3n) is 6.27. The molecule has 0 radical (unpaired) electrons. The van der Waals surface area contributed by atoms with E-state index in [1.807, 2.05) is 0 Å². The zero-order chi connectivity index (χ0) is 13.8. The standard InChI is InChI=1S/C18H33NO/c20-18-12-7-9-15(14-18)8-3-1-2-6-13-19-17-11-5-4-10-16(17)18/h15-17,19-20H,1-14H2. The van der Waals surface area contributed by atoms with Crippen LogP contribution in [0.15, 0.2) is 0 Å². The minimum absolute atomic E-state index is 0.347. The van der Waals surface area contributed by atoms with Crippen molar-refractivity contribution in [3.8, 4) is 0 Å². The molecular formula is C18H33NO. The first kappa shape index (κ1) is 14.8. The minimum Gasteiger partial charge on any atom is -0.390 e. The van der Waals surface area contributed by atoms with Crippen LogP contribution in [0.2, 0.25) is 0 Å². The van der Waals surface area contributed by atoms with Crippen molar-refractivity contribution in [2.24, 2.45) is 11.8 Å². The highest BCUT2D eigenvalue weighted by Crippen LogP contribution is 2.44. The Morgan fingerprint density at radius 2 is 1.55 bits per heavy atom. The molecule has 2 bridgehead atoms. The second kappa shape index (κ2) is 6.79. The van der Waals surface area contributed by atoms with Crippen LogP contribution in [0, 0.1) is 11.8 Å². The van der Waals surface area contributed by atoms with Gasteiger partial charge < -0.3 is 10.4 Å². The average Bonchev–Trinajstić information content (AvgIpc) is 2.46. The summed E-state index contributed by atoms with van der Waals surface area (Å²) in [7, 11) is 0. The number of rotatable bonds is 0. The third kappa shape index (κ3) is 3.39. The molecule has 0 aromatic rings. The van der Waals surface area contributed by atoms with Crippen LogP contribution < -0.4 is 5.32 Å². The van der Waals surface area contributed by atoms with Crippen molar-refractivity contribution in [3.05, 3.63) is 0 Å². The number of hydrogen-bond acceptors (Lipinski definition) is 2. The van der Waals surface area contributed by atoms with E-state index in [4.69, 9.17) is 0 Å². The molecule has 0 aromatic carbocycles. The Morgan fingerprint density at radius 3 is 2.50 bits per heavy atom. The third-order valence-corrected chi connectivity index (χ3v) is 6.27. The van der Waals surface area contributed by atoms with Gasteiger partial charge in [-0.05, 0) is 44.6 Å². The molecule has 4 atom stereocenters. The lowest BCUT2D eigenvalue weighted by Gasteiger charge is -2.48. The Labute approximate surface area is 124 Å². The smallest absolute Gasteiger partial charge is 0.0693 e. The van der Waals surface area contributed by atoms with Gasteiger partial charge in [-0.25, -0.2) is 0 Å². The first-order chi connectivity index (χ1) is 9.78. The second-order valence-electron chi connectivity index (χ2n) is 7.72. The van der Waals surface area contributed by atoms with Crippen molar-refractivity contribution in [1.29, 1.82) is 0 Å². The lowest BCUT2D eigenvalue weighted by molar-refractivity contribution is -0.0876. The van der Waals surface area contributed by atoms with E-state index < -0.39 is 0 Å². The maximum Gasteiger partial charge on any atom is 0.0693 e. The Bertz CT molecular complexity index is 306. The molecule has 2 heteroatoms. The molecule has 1 aliphatic heterocycles. The summed E-state index contributed by atoms with van der Waals surface area (Å²) in [6, 6.07) is 0.590. The quantitative estimate of drug-likeness (QED) is 0.702. The average molecular weight is 279 g/mol. The monoisotopic (exact) mass is 279 g/mol. The van der Waals surface area contributed by atoms with Crippen molar-refractivity contribution >= 4 is 0 Å². The fraction of sp³-hybridized carbons (Fsp3) is 1.00. The number of aliphatic hydroxyl groups is 1. The van der Waals surface area contributed by atoms with E-state index in [2.05, 4.69) is 5.32 Å². The first-order valence-corrected chi connectivity index (χ1v) is 9.24. The molecule has 2 saturated carbocycles. The van der Waals surface area contributed by atoms with Gasteiger partial charge in [0, 0.05) is 12.0 Å². The molecular weight excluding hydrogens is 246 g/mol. The van der Waals surface area contributed by atoms with Gasteiger partial charge in [-0.1, -0.05) is 51.4 Å². The Hall–Kier alpha value is -0.0800. The van der Waals surface area contributed by atoms with Gasteiger partial charge in [-0.2, -0.15) is 0 Å². The fourth-order valence-electron chi connectivity index (χ4n) is 5.20. The second-order valence-corrected chi connectivity index (χ2v) is 7.72. The molecule has 3 rings (SSSR count). The van der Waals surface area contributed by atoms with Gasteiger partial charge in [0.1, 0.15) is 0 Å². The van der Waals surface area contributed by atoms with Crippen LogP contribution in [-0.4, -0.2) is 23.3 Å². The Morgan fingerprint density at radius 1 is 0.800 bits per heavy atom. The topological polar surface area (TPSA) is 32.3 Å². The lowest BCUT2D eigenvalue weighted by atomic mass is 9.64. The van der Waals surface area contributed by atoms with Gasteiger partial charge in [0.2, 0.25) is 0 Å². The molecule has 3 fully saturated rings. The lowest BCUT2D eigenvalue weighted by Crippen LogP contribution is -2.53. The van der Waals surface area contributed by atoms with Crippen molar-refractivity contribution in [1.82, 2.24) is 5.32 Å². The van der Waals surface area contributed by atoms with Crippen LogP contribution in [0.25, 0.3) is 0 Å². The van der Waals surface area contributed by atoms with Crippen molar-refractivity contribution in [3.63, 3.8) is 0 Å². The molecule has 20 heavy (non-hydrogen) atoms. The molecule has 0 spiro atoms.